The first-order valence-electron chi connectivity index (χ1n) is 5.62. The Morgan fingerprint density at radius 1 is 1.50 bits per heavy atom. The van der Waals surface area contributed by atoms with Crippen LogP contribution in [0.25, 0.3) is 0 Å². The molecule has 0 amide bonds. The molecule has 0 aliphatic carbocycles. The summed E-state index contributed by atoms with van der Waals surface area (Å²) in [7, 11) is 0.958. The summed E-state index contributed by atoms with van der Waals surface area (Å²) in [4.78, 5) is 16.3. The average molecular weight is 269 g/mol. The van der Waals surface area contributed by atoms with Gasteiger partial charge in [0.1, 0.15) is 0 Å². The Balaban J connectivity index is 2.38. The monoisotopic (exact) mass is 269 g/mol. The molecule has 18 heavy (non-hydrogen) atoms. The first kappa shape index (κ1) is 13.6. The van der Waals surface area contributed by atoms with Crippen LogP contribution in [0, 0.1) is 0 Å². The Bertz CT molecular complexity index is 349. The SMILES string of the molecule is COC(=O)[C@@H]1ON2CCCC[C@H]2[C@]1(O)C(F)(F)F. The zero-order valence-corrected chi connectivity index (χ0v) is 9.74. The Kier molecular flexibility index (Phi) is 3.28. The van der Waals surface area contributed by atoms with Crippen molar-refractivity contribution in [3.05, 3.63) is 0 Å². The highest BCUT2D eigenvalue weighted by Gasteiger charge is 2.72. The number of alkyl halides is 3. The number of halogens is 3. The van der Waals surface area contributed by atoms with Crippen LogP contribution in [-0.2, 0) is 14.4 Å². The highest BCUT2D eigenvalue weighted by atomic mass is 19.4. The number of methoxy groups -OCH3 is 1. The summed E-state index contributed by atoms with van der Waals surface area (Å²) in [6, 6.07) is -1.25. The lowest BCUT2D eigenvalue weighted by Crippen LogP contribution is -2.62. The number of rotatable bonds is 1. The van der Waals surface area contributed by atoms with E-state index in [1.807, 2.05) is 0 Å². The largest absolute Gasteiger partial charge is 0.467 e. The van der Waals surface area contributed by atoms with Gasteiger partial charge in [0.25, 0.3) is 0 Å². The fraction of sp³-hybridized carbons (Fsp3) is 0.900. The molecule has 0 radical (unpaired) electrons. The minimum absolute atomic E-state index is 0.128. The third-order valence-corrected chi connectivity index (χ3v) is 3.47. The van der Waals surface area contributed by atoms with Crippen molar-refractivity contribution in [1.29, 1.82) is 0 Å². The van der Waals surface area contributed by atoms with Gasteiger partial charge in [0.2, 0.25) is 11.7 Å². The predicted octanol–water partition coefficient (Wildman–Crippen LogP) is 0.621. The fourth-order valence-electron chi connectivity index (χ4n) is 2.53. The lowest BCUT2D eigenvalue weighted by atomic mass is 9.84. The molecule has 2 rings (SSSR count). The molecule has 0 aromatic heterocycles. The third-order valence-electron chi connectivity index (χ3n) is 3.47. The number of piperidine rings is 1. The van der Waals surface area contributed by atoms with Crippen molar-refractivity contribution < 1.29 is 32.6 Å². The van der Waals surface area contributed by atoms with Gasteiger partial charge in [-0.1, -0.05) is 6.42 Å². The van der Waals surface area contributed by atoms with E-state index in [9.17, 15) is 23.1 Å². The number of nitrogens with zero attached hydrogens (tertiary/aromatic N) is 1. The van der Waals surface area contributed by atoms with E-state index in [0.717, 1.165) is 12.2 Å². The van der Waals surface area contributed by atoms with Gasteiger partial charge >= 0.3 is 12.1 Å². The van der Waals surface area contributed by atoms with Crippen LogP contribution in [0.2, 0.25) is 0 Å². The molecule has 0 aromatic rings. The average Bonchev–Trinajstić information content (AvgIpc) is 2.63. The van der Waals surface area contributed by atoms with Crippen LogP contribution in [0.4, 0.5) is 13.2 Å². The Hall–Kier alpha value is -0.860. The van der Waals surface area contributed by atoms with Gasteiger partial charge in [0, 0.05) is 6.54 Å². The number of carbonyl (C=O) groups excluding carboxylic acids is 1. The standard InChI is InChI=1S/C10H14F3NO4/c1-17-8(15)7-9(16,10(11,12)13)6-4-2-3-5-14(6)18-7/h6-7,16H,2-5H2,1H3/t6-,7-,9+/m0/s1. The highest BCUT2D eigenvalue weighted by molar-refractivity contribution is 5.77. The quantitative estimate of drug-likeness (QED) is 0.707. The maximum absolute atomic E-state index is 13.1. The molecule has 2 aliphatic heterocycles. The first-order valence-corrected chi connectivity index (χ1v) is 5.62. The molecule has 0 bridgehead atoms. The fourth-order valence-corrected chi connectivity index (χ4v) is 2.53. The molecule has 0 unspecified atom stereocenters. The molecule has 2 fully saturated rings. The van der Waals surface area contributed by atoms with Crippen LogP contribution < -0.4 is 0 Å². The van der Waals surface area contributed by atoms with Crippen LogP contribution >= 0.6 is 0 Å². The molecule has 2 aliphatic rings. The second kappa shape index (κ2) is 4.36. The molecular formula is C10H14F3NO4. The van der Waals surface area contributed by atoms with Crippen molar-refractivity contribution in [2.75, 3.05) is 13.7 Å². The number of hydrogen-bond acceptors (Lipinski definition) is 5. The summed E-state index contributed by atoms with van der Waals surface area (Å²) in [5.74, 6) is -1.22. The molecule has 8 heteroatoms. The Morgan fingerprint density at radius 2 is 2.17 bits per heavy atom. The summed E-state index contributed by atoms with van der Waals surface area (Å²) >= 11 is 0. The van der Waals surface area contributed by atoms with Crippen molar-refractivity contribution in [2.24, 2.45) is 0 Å². The molecule has 1 N–H and O–H groups in total. The number of aliphatic hydroxyl groups is 1. The normalized spacial score (nSPS) is 37.4. The summed E-state index contributed by atoms with van der Waals surface area (Å²) in [5, 5.41) is 11.0. The van der Waals surface area contributed by atoms with Gasteiger partial charge in [-0.05, 0) is 12.8 Å². The van der Waals surface area contributed by atoms with Gasteiger partial charge in [-0.25, -0.2) is 4.79 Å². The number of hydrogen-bond donors (Lipinski definition) is 1. The second-order valence-electron chi connectivity index (χ2n) is 4.48. The number of ether oxygens (including phenoxy) is 1. The maximum Gasteiger partial charge on any atom is 0.422 e. The van der Waals surface area contributed by atoms with E-state index in [-0.39, 0.29) is 13.0 Å². The summed E-state index contributed by atoms with van der Waals surface area (Å²) in [5.41, 5.74) is -3.21. The number of hydroxylamine groups is 2. The van der Waals surface area contributed by atoms with Crippen molar-refractivity contribution >= 4 is 5.97 Å². The molecule has 104 valence electrons. The number of esters is 1. The molecule has 0 aromatic carbocycles. The summed E-state index contributed by atoms with van der Waals surface area (Å²) in [6.45, 7) is 0.260. The summed E-state index contributed by atoms with van der Waals surface area (Å²) in [6.07, 6.45) is -5.66. The van der Waals surface area contributed by atoms with Crippen LogP contribution in [0.1, 0.15) is 19.3 Å². The van der Waals surface area contributed by atoms with Crippen molar-refractivity contribution in [3.63, 3.8) is 0 Å². The lowest BCUT2D eigenvalue weighted by molar-refractivity contribution is -0.277. The van der Waals surface area contributed by atoms with E-state index in [1.165, 1.54) is 0 Å². The van der Waals surface area contributed by atoms with E-state index >= 15 is 0 Å². The number of carbonyl (C=O) groups is 1. The molecule has 0 saturated carbocycles. The maximum atomic E-state index is 13.1. The van der Waals surface area contributed by atoms with Gasteiger partial charge in [-0.2, -0.15) is 18.2 Å². The van der Waals surface area contributed by atoms with Gasteiger partial charge in [-0.3, -0.25) is 4.84 Å². The molecule has 2 saturated heterocycles. The lowest BCUT2D eigenvalue weighted by Gasteiger charge is -2.36. The minimum atomic E-state index is -4.96. The third kappa shape index (κ3) is 1.79. The number of fused-ring (bicyclic) bond motifs is 1. The zero-order valence-electron chi connectivity index (χ0n) is 9.74. The topological polar surface area (TPSA) is 59.0 Å². The van der Waals surface area contributed by atoms with Crippen LogP contribution in [0.5, 0.6) is 0 Å². The predicted molar refractivity (Wildman–Crippen MR) is 52.2 cm³/mol. The van der Waals surface area contributed by atoms with Crippen LogP contribution in [0.15, 0.2) is 0 Å². The van der Waals surface area contributed by atoms with E-state index in [1.54, 1.807) is 0 Å². The molecule has 0 spiro atoms. The summed E-state index contributed by atoms with van der Waals surface area (Å²) < 4.78 is 43.6. The second-order valence-corrected chi connectivity index (χ2v) is 4.48. The molecule has 5 nitrogen and oxygen atoms in total. The minimum Gasteiger partial charge on any atom is -0.467 e. The van der Waals surface area contributed by atoms with Crippen molar-refractivity contribution in [1.82, 2.24) is 5.06 Å². The zero-order chi connectivity index (χ0) is 13.6. The van der Waals surface area contributed by atoms with Crippen LogP contribution in [-0.4, -0.2) is 53.7 Å². The van der Waals surface area contributed by atoms with Crippen LogP contribution in [0.3, 0.4) is 0 Å². The van der Waals surface area contributed by atoms with Crippen molar-refractivity contribution in [2.45, 2.75) is 43.2 Å². The van der Waals surface area contributed by atoms with Gasteiger partial charge in [0.05, 0.1) is 13.2 Å². The van der Waals surface area contributed by atoms with Gasteiger partial charge in [0.15, 0.2) is 0 Å². The Morgan fingerprint density at radius 3 is 2.72 bits per heavy atom. The molecule has 2 heterocycles. The van der Waals surface area contributed by atoms with E-state index in [2.05, 4.69) is 4.74 Å². The molecule has 3 atom stereocenters. The Labute approximate surface area is 101 Å². The van der Waals surface area contributed by atoms with E-state index in [0.29, 0.717) is 12.8 Å². The van der Waals surface area contributed by atoms with Crippen molar-refractivity contribution in [3.8, 4) is 0 Å². The van der Waals surface area contributed by atoms with E-state index < -0.39 is 29.9 Å². The first-order chi connectivity index (χ1) is 8.32. The molecular weight excluding hydrogens is 255 g/mol. The smallest absolute Gasteiger partial charge is 0.422 e. The highest BCUT2D eigenvalue weighted by Crippen LogP contribution is 2.47. The van der Waals surface area contributed by atoms with Gasteiger partial charge in [-0.15, -0.1) is 0 Å². The van der Waals surface area contributed by atoms with E-state index in [4.69, 9.17) is 4.84 Å². The van der Waals surface area contributed by atoms with Gasteiger partial charge < -0.3 is 9.84 Å².